The predicted octanol–water partition coefficient (Wildman–Crippen LogP) is 5.56. The third-order valence-corrected chi connectivity index (χ3v) is 4.46. The second-order valence-corrected chi connectivity index (χ2v) is 6.22. The van der Waals surface area contributed by atoms with Crippen LogP contribution < -0.4 is 0 Å². The van der Waals surface area contributed by atoms with Crippen LogP contribution in [0.15, 0.2) is 60.8 Å². The number of fused-ring (bicyclic) bond motifs is 1. The summed E-state index contributed by atoms with van der Waals surface area (Å²) < 4.78 is 0. The fourth-order valence-corrected chi connectivity index (χ4v) is 3.16. The molecule has 4 heteroatoms. The van der Waals surface area contributed by atoms with Crippen molar-refractivity contribution in [1.82, 2.24) is 9.97 Å². The van der Waals surface area contributed by atoms with Crippen molar-refractivity contribution in [3.8, 4) is 28.3 Å². The van der Waals surface area contributed by atoms with Gasteiger partial charge in [-0.15, -0.1) is 0 Å². The summed E-state index contributed by atoms with van der Waals surface area (Å²) in [6, 6.07) is 17.6. The molecule has 0 amide bonds. The topological polar surface area (TPSA) is 48.9 Å². The Morgan fingerprint density at radius 3 is 2.62 bits per heavy atom. The predicted molar refractivity (Wildman–Crippen MR) is 98.4 cm³/mol. The van der Waals surface area contributed by atoms with Gasteiger partial charge in [-0.05, 0) is 42.3 Å². The number of aromatic nitrogens is 2. The minimum Gasteiger partial charge on any atom is -0.494 e. The summed E-state index contributed by atoms with van der Waals surface area (Å²) >= 11 is 6.32. The quantitative estimate of drug-likeness (QED) is 0.504. The van der Waals surface area contributed by atoms with Crippen molar-refractivity contribution in [2.75, 3.05) is 0 Å². The summed E-state index contributed by atoms with van der Waals surface area (Å²) in [4.78, 5) is 7.46. The smallest absolute Gasteiger partial charge is 0.199 e. The maximum Gasteiger partial charge on any atom is 0.199 e. The van der Waals surface area contributed by atoms with Crippen LogP contribution in [-0.2, 0) is 0 Å². The van der Waals surface area contributed by atoms with Crippen molar-refractivity contribution in [2.24, 2.45) is 0 Å². The Balaban J connectivity index is 1.95. The number of aryl methyl sites for hydroxylation is 1. The van der Waals surface area contributed by atoms with Gasteiger partial charge in [0.1, 0.15) is 0 Å². The van der Waals surface area contributed by atoms with Crippen LogP contribution in [0.25, 0.3) is 33.3 Å². The van der Waals surface area contributed by atoms with Crippen molar-refractivity contribution in [3.63, 3.8) is 0 Å². The zero-order chi connectivity index (χ0) is 16.7. The molecule has 0 atom stereocenters. The molecule has 4 aromatic rings. The Kier molecular flexibility index (Phi) is 3.51. The first-order valence-electron chi connectivity index (χ1n) is 7.66. The lowest BCUT2D eigenvalue weighted by Gasteiger charge is -2.06. The number of halogens is 1. The number of benzene rings is 2. The van der Waals surface area contributed by atoms with Crippen molar-refractivity contribution in [2.45, 2.75) is 6.92 Å². The first kappa shape index (κ1) is 14.8. The van der Waals surface area contributed by atoms with E-state index in [2.05, 4.69) is 9.97 Å². The summed E-state index contributed by atoms with van der Waals surface area (Å²) in [6.07, 6.45) is 1.80. The van der Waals surface area contributed by atoms with Crippen LogP contribution >= 0.6 is 11.6 Å². The molecule has 0 bridgehead atoms. The summed E-state index contributed by atoms with van der Waals surface area (Å²) in [6.45, 7) is 1.99. The summed E-state index contributed by atoms with van der Waals surface area (Å²) in [5.41, 5.74) is 5.35. The fraction of sp³-hybridized carbons (Fsp3) is 0.0500. The number of aromatic hydroxyl groups is 1. The number of nitrogens with zero attached hydrogens (tertiary/aromatic N) is 1. The normalized spacial score (nSPS) is 11.1. The SMILES string of the molecule is Cc1ccc(-c2c(O)[nH]c3ccc(-c4ccccc4Cl)cc23)nc1. The first-order chi connectivity index (χ1) is 11.6. The number of nitrogens with one attached hydrogen (secondary N) is 1. The number of H-pyrrole nitrogens is 1. The largest absolute Gasteiger partial charge is 0.494 e. The third-order valence-electron chi connectivity index (χ3n) is 4.13. The van der Waals surface area contributed by atoms with Crippen LogP contribution in [-0.4, -0.2) is 15.1 Å². The van der Waals surface area contributed by atoms with E-state index >= 15 is 0 Å². The number of pyridine rings is 1. The van der Waals surface area contributed by atoms with Gasteiger partial charge in [-0.3, -0.25) is 4.98 Å². The van der Waals surface area contributed by atoms with Gasteiger partial charge in [0, 0.05) is 27.7 Å². The number of hydrogen-bond acceptors (Lipinski definition) is 2. The van der Waals surface area contributed by atoms with Gasteiger partial charge in [0.15, 0.2) is 5.88 Å². The summed E-state index contributed by atoms with van der Waals surface area (Å²) in [7, 11) is 0. The lowest BCUT2D eigenvalue weighted by Crippen LogP contribution is -1.84. The van der Waals surface area contributed by atoms with Crippen LogP contribution in [0, 0.1) is 6.92 Å². The van der Waals surface area contributed by atoms with Crippen LogP contribution in [0.5, 0.6) is 5.88 Å². The Morgan fingerprint density at radius 1 is 1.04 bits per heavy atom. The molecule has 0 saturated heterocycles. The second-order valence-electron chi connectivity index (χ2n) is 5.81. The van der Waals surface area contributed by atoms with E-state index in [0.717, 1.165) is 33.3 Å². The van der Waals surface area contributed by atoms with Gasteiger partial charge >= 0.3 is 0 Å². The van der Waals surface area contributed by atoms with E-state index in [9.17, 15) is 5.11 Å². The fourth-order valence-electron chi connectivity index (χ4n) is 2.92. The molecule has 2 N–H and O–H groups in total. The van der Waals surface area contributed by atoms with Crippen molar-refractivity contribution in [3.05, 3.63) is 71.4 Å². The van der Waals surface area contributed by atoms with Gasteiger partial charge in [0.25, 0.3) is 0 Å². The monoisotopic (exact) mass is 334 g/mol. The van der Waals surface area contributed by atoms with Gasteiger partial charge in [-0.2, -0.15) is 0 Å². The molecule has 3 nitrogen and oxygen atoms in total. The molecule has 2 heterocycles. The zero-order valence-electron chi connectivity index (χ0n) is 13.0. The van der Waals surface area contributed by atoms with E-state index in [-0.39, 0.29) is 5.88 Å². The van der Waals surface area contributed by atoms with E-state index < -0.39 is 0 Å². The molecule has 4 rings (SSSR count). The molecule has 0 saturated carbocycles. The molecule has 118 valence electrons. The lowest BCUT2D eigenvalue weighted by molar-refractivity contribution is 0.460. The number of rotatable bonds is 2. The average molecular weight is 335 g/mol. The van der Waals surface area contributed by atoms with E-state index in [4.69, 9.17) is 11.6 Å². The molecule has 0 aliphatic rings. The molecule has 0 aliphatic heterocycles. The lowest BCUT2D eigenvalue weighted by atomic mass is 10.0. The van der Waals surface area contributed by atoms with Gasteiger partial charge < -0.3 is 10.1 Å². The molecular weight excluding hydrogens is 320 g/mol. The standard InChI is InChI=1S/C20H15ClN2O/c1-12-6-8-18(22-11-12)19-15-10-13(7-9-17(15)23-20(19)24)14-4-2-3-5-16(14)21/h2-11,23-24H,1H3. The van der Waals surface area contributed by atoms with Gasteiger partial charge in [-0.1, -0.05) is 41.9 Å². The molecule has 2 aromatic carbocycles. The van der Waals surface area contributed by atoms with Gasteiger partial charge in [-0.25, -0.2) is 0 Å². The molecule has 24 heavy (non-hydrogen) atoms. The molecule has 0 fully saturated rings. The minimum atomic E-state index is 0.123. The minimum absolute atomic E-state index is 0.123. The highest BCUT2D eigenvalue weighted by atomic mass is 35.5. The highest BCUT2D eigenvalue weighted by Gasteiger charge is 2.15. The maximum atomic E-state index is 10.4. The molecule has 0 radical (unpaired) electrons. The van der Waals surface area contributed by atoms with Crippen LogP contribution in [0.1, 0.15) is 5.56 Å². The van der Waals surface area contributed by atoms with Gasteiger partial charge in [0.2, 0.25) is 0 Å². The van der Waals surface area contributed by atoms with Crippen LogP contribution in [0.3, 0.4) is 0 Å². The Morgan fingerprint density at radius 2 is 1.88 bits per heavy atom. The van der Waals surface area contributed by atoms with E-state index in [1.54, 1.807) is 6.20 Å². The van der Waals surface area contributed by atoms with Crippen LogP contribution in [0.2, 0.25) is 5.02 Å². The summed E-state index contributed by atoms with van der Waals surface area (Å²) in [5, 5.41) is 12.0. The number of aromatic amines is 1. The van der Waals surface area contributed by atoms with E-state index in [0.29, 0.717) is 10.6 Å². The molecule has 0 aliphatic carbocycles. The Bertz CT molecular complexity index is 1040. The van der Waals surface area contributed by atoms with Crippen molar-refractivity contribution < 1.29 is 5.11 Å². The second kappa shape index (κ2) is 5.69. The third kappa shape index (κ3) is 2.43. The van der Waals surface area contributed by atoms with E-state index in [1.165, 1.54) is 0 Å². The highest BCUT2D eigenvalue weighted by Crippen LogP contribution is 2.38. The average Bonchev–Trinajstić information content (AvgIpc) is 2.91. The molecule has 2 aromatic heterocycles. The Labute approximate surface area is 144 Å². The van der Waals surface area contributed by atoms with Crippen molar-refractivity contribution >= 4 is 22.5 Å². The molecule has 0 unspecified atom stereocenters. The molecular formula is C20H15ClN2O. The first-order valence-corrected chi connectivity index (χ1v) is 8.04. The zero-order valence-corrected chi connectivity index (χ0v) is 13.8. The highest BCUT2D eigenvalue weighted by molar-refractivity contribution is 6.33. The Hall–Kier alpha value is -2.78. The van der Waals surface area contributed by atoms with Crippen molar-refractivity contribution in [1.29, 1.82) is 0 Å². The number of hydrogen-bond donors (Lipinski definition) is 2. The maximum absolute atomic E-state index is 10.4. The van der Waals surface area contributed by atoms with E-state index in [1.807, 2.05) is 61.5 Å². The summed E-state index contributed by atoms with van der Waals surface area (Å²) in [5.74, 6) is 0.123. The molecule has 0 spiro atoms. The van der Waals surface area contributed by atoms with Crippen LogP contribution in [0.4, 0.5) is 0 Å². The van der Waals surface area contributed by atoms with Gasteiger partial charge in [0.05, 0.1) is 11.3 Å².